The number of hydrogen-bond acceptors (Lipinski definition) is 7. The summed E-state index contributed by atoms with van der Waals surface area (Å²) in [6.45, 7) is 0. The molecule has 8 nitrogen and oxygen atoms in total. The molecular weight excluding hydrogens is 404 g/mol. The summed E-state index contributed by atoms with van der Waals surface area (Å²) in [7, 11) is 1.59. The van der Waals surface area contributed by atoms with Gasteiger partial charge in [0.2, 0.25) is 5.91 Å². The van der Waals surface area contributed by atoms with E-state index in [1.165, 1.54) is 18.2 Å². The number of amides is 1. The molecule has 0 aliphatic carbocycles. The maximum Gasteiger partial charge on any atom is 0.271 e. The summed E-state index contributed by atoms with van der Waals surface area (Å²) < 4.78 is 5.15. The number of nitrogens with zero attached hydrogens (tertiary/aromatic N) is 3. The predicted molar refractivity (Wildman–Crippen MR) is 113 cm³/mol. The molecule has 0 unspecified atom stereocenters. The number of aromatic nitrogens is 1. The number of thioether (sulfide) groups is 1. The fourth-order valence-electron chi connectivity index (χ4n) is 2.59. The fourth-order valence-corrected chi connectivity index (χ4v) is 3.36. The Labute approximate surface area is 176 Å². The quantitative estimate of drug-likeness (QED) is 0.344. The van der Waals surface area contributed by atoms with E-state index in [0.717, 1.165) is 23.1 Å². The highest BCUT2D eigenvalue weighted by Gasteiger charge is 2.12. The molecule has 0 atom stereocenters. The molecule has 30 heavy (non-hydrogen) atoms. The number of nitriles is 1. The summed E-state index contributed by atoms with van der Waals surface area (Å²) in [5, 5.41) is 23.2. The topological polar surface area (TPSA) is 118 Å². The summed E-state index contributed by atoms with van der Waals surface area (Å²) >= 11 is 1.12. The van der Waals surface area contributed by atoms with Crippen molar-refractivity contribution in [2.24, 2.45) is 0 Å². The Balaban J connectivity index is 1.72. The van der Waals surface area contributed by atoms with Crippen LogP contribution in [-0.2, 0) is 4.79 Å². The average molecular weight is 420 g/mol. The largest absolute Gasteiger partial charge is 0.497 e. The number of nitro groups is 1. The zero-order valence-corrected chi connectivity index (χ0v) is 16.7. The first-order chi connectivity index (χ1) is 14.5. The van der Waals surface area contributed by atoms with Gasteiger partial charge in [-0.1, -0.05) is 17.8 Å². The molecule has 0 saturated heterocycles. The second kappa shape index (κ2) is 9.54. The lowest BCUT2D eigenvalue weighted by molar-refractivity contribution is -0.384. The van der Waals surface area contributed by atoms with Crippen molar-refractivity contribution < 1.29 is 14.5 Å². The van der Waals surface area contributed by atoms with Crippen molar-refractivity contribution in [2.45, 2.75) is 5.03 Å². The molecule has 0 aliphatic rings. The molecule has 0 fully saturated rings. The van der Waals surface area contributed by atoms with Gasteiger partial charge in [0.05, 0.1) is 29.0 Å². The van der Waals surface area contributed by atoms with E-state index >= 15 is 0 Å². The summed E-state index contributed by atoms with van der Waals surface area (Å²) in [6, 6.07) is 18.5. The van der Waals surface area contributed by atoms with Crippen molar-refractivity contribution in [3.05, 3.63) is 76.3 Å². The third-order valence-corrected chi connectivity index (χ3v) is 5.04. The van der Waals surface area contributed by atoms with Gasteiger partial charge in [0.1, 0.15) is 16.8 Å². The Morgan fingerprint density at radius 1 is 1.23 bits per heavy atom. The molecule has 3 aromatic rings. The Bertz CT molecular complexity index is 1130. The van der Waals surface area contributed by atoms with Gasteiger partial charge in [-0.3, -0.25) is 14.9 Å². The van der Waals surface area contributed by atoms with E-state index in [1.807, 2.05) is 24.3 Å². The number of nitrogens with one attached hydrogen (secondary N) is 1. The molecule has 0 aliphatic heterocycles. The van der Waals surface area contributed by atoms with Crippen LogP contribution in [0.5, 0.6) is 5.75 Å². The SMILES string of the molecule is COc1ccc(-c2ccc(C#N)c(SCC(=O)Nc3cccc([N+](=O)[O-])c3)n2)cc1. The first-order valence-corrected chi connectivity index (χ1v) is 9.71. The van der Waals surface area contributed by atoms with Crippen LogP contribution in [0, 0.1) is 21.4 Å². The maximum absolute atomic E-state index is 12.3. The van der Waals surface area contributed by atoms with Crippen LogP contribution < -0.4 is 10.1 Å². The molecule has 1 aromatic heterocycles. The third kappa shape index (κ3) is 5.12. The highest BCUT2D eigenvalue weighted by molar-refractivity contribution is 8.00. The number of anilines is 1. The number of carbonyl (C=O) groups is 1. The van der Waals surface area contributed by atoms with Crippen molar-refractivity contribution in [3.63, 3.8) is 0 Å². The monoisotopic (exact) mass is 420 g/mol. The zero-order valence-electron chi connectivity index (χ0n) is 15.9. The predicted octanol–water partition coefficient (Wildman–Crippen LogP) is 4.27. The minimum atomic E-state index is -0.530. The molecule has 1 amide bonds. The molecule has 150 valence electrons. The standard InChI is InChI=1S/C21H16N4O4S/c1-29-18-8-5-14(6-9-18)19-10-7-15(12-22)21(24-19)30-13-20(26)23-16-3-2-4-17(11-16)25(27)28/h2-11H,13H2,1H3,(H,23,26). The second-order valence-corrected chi connectivity index (χ2v) is 7.00. The van der Waals surface area contributed by atoms with Gasteiger partial charge < -0.3 is 10.1 Å². The van der Waals surface area contributed by atoms with Gasteiger partial charge in [0, 0.05) is 23.4 Å². The van der Waals surface area contributed by atoms with E-state index in [0.29, 0.717) is 22.0 Å². The number of hydrogen-bond donors (Lipinski definition) is 1. The number of carbonyl (C=O) groups excluding carboxylic acids is 1. The molecule has 2 aromatic carbocycles. The van der Waals surface area contributed by atoms with Gasteiger partial charge >= 0.3 is 0 Å². The average Bonchev–Trinajstić information content (AvgIpc) is 2.77. The molecule has 0 bridgehead atoms. The Morgan fingerprint density at radius 2 is 2.00 bits per heavy atom. The van der Waals surface area contributed by atoms with Gasteiger partial charge in [-0.15, -0.1) is 0 Å². The van der Waals surface area contributed by atoms with E-state index in [-0.39, 0.29) is 17.3 Å². The van der Waals surface area contributed by atoms with E-state index in [1.54, 1.807) is 25.3 Å². The van der Waals surface area contributed by atoms with Crippen LogP contribution in [0.25, 0.3) is 11.3 Å². The van der Waals surface area contributed by atoms with Crippen LogP contribution in [0.3, 0.4) is 0 Å². The Morgan fingerprint density at radius 3 is 2.67 bits per heavy atom. The minimum Gasteiger partial charge on any atom is -0.497 e. The van der Waals surface area contributed by atoms with Crippen molar-refractivity contribution >= 4 is 29.0 Å². The zero-order chi connectivity index (χ0) is 21.5. The molecule has 0 radical (unpaired) electrons. The van der Waals surface area contributed by atoms with E-state index in [4.69, 9.17) is 4.74 Å². The van der Waals surface area contributed by atoms with Crippen molar-refractivity contribution in [2.75, 3.05) is 18.2 Å². The van der Waals surface area contributed by atoms with Crippen molar-refractivity contribution in [1.82, 2.24) is 4.98 Å². The minimum absolute atomic E-state index is 0.00353. The lowest BCUT2D eigenvalue weighted by Gasteiger charge is -2.08. The van der Waals surface area contributed by atoms with E-state index < -0.39 is 4.92 Å². The Hall–Kier alpha value is -3.90. The highest BCUT2D eigenvalue weighted by Crippen LogP contribution is 2.27. The van der Waals surface area contributed by atoms with Crippen LogP contribution in [0.4, 0.5) is 11.4 Å². The van der Waals surface area contributed by atoms with Crippen molar-refractivity contribution in [3.8, 4) is 23.1 Å². The van der Waals surface area contributed by atoms with Gasteiger partial charge in [-0.2, -0.15) is 5.26 Å². The van der Waals surface area contributed by atoms with E-state index in [9.17, 15) is 20.2 Å². The Kier molecular flexibility index (Phi) is 6.62. The first-order valence-electron chi connectivity index (χ1n) is 8.73. The second-order valence-electron chi connectivity index (χ2n) is 6.03. The van der Waals surface area contributed by atoms with Gasteiger partial charge in [-0.25, -0.2) is 4.98 Å². The van der Waals surface area contributed by atoms with Crippen LogP contribution in [0.15, 0.2) is 65.7 Å². The van der Waals surface area contributed by atoms with Crippen LogP contribution in [-0.4, -0.2) is 28.7 Å². The number of benzene rings is 2. The third-order valence-electron chi connectivity index (χ3n) is 4.05. The molecule has 9 heteroatoms. The summed E-state index contributed by atoms with van der Waals surface area (Å²) in [5.41, 5.74) is 2.10. The highest BCUT2D eigenvalue weighted by atomic mass is 32.2. The smallest absolute Gasteiger partial charge is 0.271 e. The number of methoxy groups -OCH3 is 1. The van der Waals surface area contributed by atoms with Gasteiger partial charge in [0.25, 0.3) is 5.69 Å². The number of nitro benzene ring substituents is 1. The molecule has 3 rings (SSSR count). The molecule has 0 saturated carbocycles. The number of rotatable bonds is 7. The normalized spacial score (nSPS) is 10.1. The van der Waals surface area contributed by atoms with Gasteiger partial charge in [0.15, 0.2) is 0 Å². The number of ether oxygens (including phenoxy) is 1. The fraction of sp³-hybridized carbons (Fsp3) is 0.0952. The molecule has 1 N–H and O–H groups in total. The summed E-state index contributed by atoms with van der Waals surface area (Å²) in [4.78, 5) is 27.1. The lowest BCUT2D eigenvalue weighted by Crippen LogP contribution is -2.14. The number of non-ortho nitro benzene ring substituents is 1. The summed E-state index contributed by atoms with van der Waals surface area (Å²) in [5.74, 6) is 0.358. The number of pyridine rings is 1. The van der Waals surface area contributed by atoms with Crippen LogP contribution in [0.2, 0.25) is 0 Å². The first kappa shape index (κ1) is 20.8. The van der Waals surface area contributed by atoms with Crippen LogP contribution in [0.1, 0.15) is 5.56 Å². The molecular formula is C21H16N4O4S. The van der Waals surface area contributed by atoms with Crippen LogP contribution >= 0.6 is 11.8 Å². The van der Waals surface area contributed by atoms with E-state index in [2.05, 4.69) is 16.4 Å². The molecule has 0 spiro atoms. The maximum atomic E-state index is 12.3. The van der Waals surface area contributed by atoms with Gasteiger partial charge in [-0.05, 0) is 42.5 Å². The lowest BCUT2D eigenvalue weighted by atomic mass is 10.1. The molecule has 1 heterocycles. The summed E-state index contributed by atoms with van der Waals surface area (Å²) in [6.07, 6.45) is 0. The van der Waals surface area contributed by atoms with Crippen molar-refractivity contribution in [1.29, 1.82) is 5.26 Å².